The van der Waals surface area contributed by atoms with Gasteiger partial charge in [0.15, 0.2) is 11.2 Å². The van der Waals surface area contributed by atoms with Gasteiger partial charge in [0.05, 0.1) is 11.7 Å². The molecule has 3 rings (SSSR count). The number of hydrogen-bond acceptors (Lipinski definition) is 5. The van der Waals surface area contributed by atoms with Crippen molar-refractivity contribution < 1.29 is 14.3 Å². The fourth-order valence-electron chi connectivity index (χ4n) is 2.68. The lowest BCUT2D eigenvalue weighted by Gasteiger charge is -2.38. The largest absolute Gasteiger partial charge is 0.356 e. The highest BCUT2D eigenvalue weighted by Crippen LogP contribution is 2.30. The van der Waals surface area contributed by atoms with Gasteiger partial charge >= 0.3 is 0 Å². The summed E-state index contributed by atoms with van der Waals surface area (Å²) in [5, 5.41) is 3.36. The number of aryl methyl sites for hydroxylation is 2. The van der Waals surface area contributed by atoms with Crippen LogP contribution in [0.5, 0.6) is 0 Å². The molecule has 2 aromatic rings. The summed E-state index contributed by atoms with van der Waals surface area (Å²) in [7, 11) is 1.69. The molecular weight excluding hydrogens is 326 g/mol. The van der Waals surface area contributed by atoms with Crippen LogP contribution >= 0.6 is 11.3 Å². The molecule has 0 aliphatic carbocycles. The molecule has 0 radical (unpaired) electrons. The van der Waals surface area contributed by atoms with Gasteiger partial charge < -0.3 is 9.64 Å². The van der Waals surface area contributed by atoms with Crippen molar-refractivity contribution >= 4 is 28.3 Å². The molecule has 7 heteroatoms. The highest BCUT2D eigenvalue weighted by Gasteiger charge is 2.40. The van der Waals surface area contributed by atoms with Crippen molar-refractivity contribution in [2.75, 3.05) is 19.0 Å². The normalized spacial score (nSPS) is 21.0. The van der Waals surface area contributed by atoms with Crippen LogP contribution in [0.1, 0.15) is 22.2 Å². The third kappa shape index (κ3) is 3.18. The average Bonchev–Trinajstić information content (AvgIpc) is 2.88. The molecule has 0 bridgehead atoms. The number of benzene rings is 1. The Kier molecular flexibility index (Phi) is 4.64. The molecule has 1 aromatic carbocycles. The maximum atomic E-state index is 12.7. The van der Waals surface area contributed by atoms with Crippen molar-refractivity contribution in [2.45, 2.75) is 26.0 Å². The summed E-state index contributed by atoms with van der Waals surface area (Å²) in [6.07, 6.45) is -0.778. The van der Waals surface area contributed by atoms with Crippen molar-refractivity contribution in [3.63, 3.8) is 0 Å². The van der Waals surface area contributed by atoms with Crippen LogP contribution in [0.15, 0.2) is 30.3 Å². The first-order chi connectivity index (χ1) is 11.5. The number of ether oxygens (including phenoxy) is 1. The lowest BCUT2D eigenvalue weighted by atomic mass is 9.98. The van der Waals surface area contributed by atoms with E-state index < -0.39 is 12.1 Å². The van der Waals surface area contributed by atoms with E-state index in [1.165, 1.54) is 11.3 Å². The van der Waals surface area contributed by atoms with Crippen LogP contribution in [0, 0.1) is 13.8 Å². The molecule has 1 aromatic heterocycles. The summed E-state index contributed by atoms with van der Waals surface area (Å²) < 4.78 is 5.57. The number of anilines is 1. The SMILES string of the molecule is Cc1nc(NC(=O)C2OCC(=O)N(C)C2c2ccccc2)sc1C. The molecular formula is C17H19N3O3S. The van der Waals surface area contributed by atoms with E-state index >= 15 is 0 Å². The maximum Gasteiger partial charge on any atom is 0.257 e. The van der Waals surface area contributed by atoms with Crippen molar-refractivity contribution in [2.24, 2.45) is 0 Å². The minimum atomic E-state index is -0.778. The lowest BCUT2D eigenvalue weighted by molar-refractivity contribution is -0.160. The Hall–Kier alpha value is -2.25. The molecule has 2 heterocycles. The van der Waals surface area contributed by atoms with E-state index in [9.17, 15) is 9.59 Å². The molecule has 1 aliphatic heterocycles. The van der Waals surface area contributed by atoms with Crippen LogP contribution in [0.25, 0.3) is 0 Å². The summed E-state index contributed by atoms with van der Waals surface area (Å²) in [6.45, 7) is 3.75. The number of amides is 2. The molecule has 0 saturated carbocycles. The van der Waals surface area contributed by atoms with Crippen molar-refractivity contribution in [3.05, 3.63) is 46.5 Å². The number of rotatable bonds is 3. The highest BCUT2D eigenvalue weighted by molar-refractivity contribution is 7.15. The second-order valence-corrected chi connectivity index (χ2v) is 6.94. The summed E-state index contributed by atoms with van der Waals surface area (Å²) >= 11 is 1.43. The predicted molar refractivity (Wildman–Crippen MR) is 91.9 cm³/mol. The number of nitrogens with zero attached hydrogens (tertiary/aromatic N) is 2. The Morgan fingerprint density at radius 3 is 2.67 bits per heavy atom. The van der Waals surface area contributed by atoms with Crippen LogP contribution < -0.4 is 5.32 Å². The van der Waals surface area contributed by atoms with E-state index in [-0.39, 0.29) is 18.4 Å². The van der Waals surface area contributed by atoms with Crippen molar-refractivity contribution in [1.29, 1.82) is 0 Å². The number of likely N-dealkylation sites (N-methyl/N-ethyl adjacent to an activating group) is 1. The number of aromatic nitrogens is 1. The van der Waals surface area contributed by atoms with E-state index in [0.29, 0.717) is 5.13 Å². The van der Waals surface area contributed by atoms with E-state index in [4.69, 9.17) is 4.74 Å². The molecule has 2 unspecified atom stereocenters. The first-order valence-electron chi connectivity index (χ1n) is 7.64. The van der Waals surface area contributed by atoms with Gasteiger partial charge in [0, 0.05) is 11.9 Å². The van der Waals surface area contributed by atoms with Crippen molar-refractivity contribution in [3.8, 4) is 0 Å². The van der Waals surface area contributed by atoms with Crippen LogP contribution in [0.2, 0.25) is 0 Å². The van der Waals surface area contributed by atoms with Gasteiger partial charge in [-0.25, -0.2) is 4.98 Å². The van der Waals surface area contributed by atoms with Crippen LogP contribution in [-0.2, 0) is 14.3 Å². The van der Waals surface area contributed by atoms with Gasteiger partial charge in [0.25, 0.3) is 5.91 Å². The number of morpholine rings is 1. The minimum Gasteiger partial charge on any atom is -0.356 e. The molecule has 2 atom stereocenters. The Balaban J connectivity index is 1.86. The van der Waals surface area contributed by atoms with Crippen LogP contribution in [0.3, 0.4) is 0 Å². The molecule has 1 N–H and O–H groups in total. The van der Waals surface area contributed by atoms with Gasteiger partial charge in [-0.1, -0.05) is 30.3 Å². The fourth-order valence-corrected chi connectivity index (χ4v) is 3.50. The van der Waals surface area contributed by atoms with Crippen LogP contribution in [0.4, 0.5) is 5.13 Å². The second-order valence-electron chi connectivity index (χ2n) is 5.74. The summed E-state index contributed by atoms with van der Waals surface area (Å²) in [5.74, 6) is -0.439. The molecule has 1 saturated heterocycles. The third-order valence-electron chi connectivity index (χ3n) is 4.14. The van der Waals surface area contributed by atoms with E-state index in [1.807, 2.05) is 44.2 Å². The quantitative estimate of drug-likeness (QED) is 0.926. The Bertz CT molecular complexity index is 740. The average molecular weight is 345 g/mol. The van der Waals surface area contributed by atoms with Gasteiger partial charge in [-0.3, -0.25) is 14.9 Å². The number of hydrogen-bond donors (Lipinski definition) is 1. The third-order valence-corrected chi connectivity index (χ3v) is 5.13. The molecule has 1 aliphatic rings. The Morgan fingerprint density at radius 2 is 2.04 bits per heavy atom. The summed E-state index contributed by atoms with van der Waals surface area (Å²) in [4.78, 5) is 31.7. The minimum absolute atomic E-state index is 0.103. The van der Waals surface area contributed by atoms with Gasteiger partial charge in [0.2, 0.25) is 5.91 Å². The van der Waals surface area contributed by atoms with E-state index in [2.05, 4.69) is 10.3 Å². The highest BCUT2D eigenvalue weighted by atomic mass is 32.1. The van der Waals surface area contributed by atoms with Gasteiger partial charge in [-0.05, 0) is 19.4 Å². The first kappa shape index (κ1) is 16.6. The first-order valence-corrected chi connectivity index (χ1v) is 8.46. The topological polar surface area (TPSA) is 71.5 Å². The zero-order valence-electron chi connectivity index (χ0n) is 13.8. The number of carbonyl (C=O) groups is 2. The smallest absolute Gasteiger partial charge is 0.257 e. The van der Waals surface area contributed by atoms with Crippen molar-refractivity contribution in [1.82, 2.24) is 9.88 Å². The second kappa shape index (κ2) is 6.70. The molecule has 126 valence electrons. The number of carbonyl (C=O) groups excluding carboxylic acids is 2. The molecule has 2 amide bonds. The lowest BCUT2D eigenvalue weighted by Crippen LogP contribution is -2.51. The van der Waals surface area contributed by atoms with E-state index in [0.717, 1.165) is 16.1 Å². The van der Waals surface area contributed by atoms with Gasteiger partial charge in [-0.2, -0.15) is 0 Å². The van der Waals surface area contributed by atoms with E-state index in [1.54, 1.807) is 11.9 Å². The number of thiazole rings is 1. The monoisotopic (exact) mass is 345 g/mol. The zero-order chi connectivity index (χ0) is 17.3. The Labute approximate surface area is 144 Å². The molecule has 0 spiro atoms. The Morgan fingerprint density at radius 1 is 1.33 bits per heavy atom. The summed E-state index contributed by atoms with van der Waals surface area (Å²) in [6, 6.07) is 8.97. The predicted octanol–water partition coefficient (Wildman–Crippen LogP) is 2.30. The standard InChI is InChI=1S/C17H19N3O3S/c1-10-11(2)24-17(18-10)19-16(22)15-14(12-7-5-4-6-8-12)20(3)13(21)9-23-15/h4-8,14-15H,9H2,1-3H3,(H,18,19,22). The molecule has 1 fully saturated rings. The van der Waals surface area contributed by atoms with Gasteiger partial charge in [-0.15, -0.1) is 11.3 Å². The van der Waals surface area contributed by atoms with Crippen LogP contribution in [-0.4, -0.2) is 41.5 Å². The summed E-state index contributed by atoms with van der Waals surface area (Å²) in [5.41, 5.74) is 1.76. The van der Waals surface area contributed by atoms with Gasteiger partial charge in [0.1, 0.15) is 6.61 Å². The maximum absolute atomic E-state index is 12.7. The number of nitrogens with one attached hydrogen (secondary N) is 1. The molecule has 6 nitrogen and oxygen atoms in total. The zero-order valence-corrected chi connectivity index (χ0v) is 14.6. The fraction of sp³-hybridized carbons (Fsp3) is 0.353. The molecule has 24 heavy (non-hydrogen) atoms.